The Morgan fingerprint density at radius 3 is 2.69 bits per heavy atom. The lowest BCUT2D eigenvalue weighted by Gasteiger charge is -2.30. The minimum Gasteiger partial charge on any atom is -0.478 e. The second-order valence-corrected chi connectivity index (χ2v) is 3.93. The van der Waals surface area contributed by atoms with E-state index >= 15 is 0 Å². The van der Waals surface area contributed by atoms with E-state index in [2.05, 4.69) is 4.90 Å². The Balaban J connectivity index is 2.36. The Hall–Kier alpha value is -1.55. The molecule has 1 fully saturated rings. The molecule has 0 atom stereocenters. The van der Waals surface area contributed by atoms with Crippen molar-refractivity contribution in [1.82, 2.24) is 0 Å². The number of benzene rings is 1. The van der Waals surface area contributed by atoms with Crippen LogP contribution in [0.25, 0.3) is 0 Å². The molecular weight excluding hydrogens is 206 g/mol. The van der Waals surface area contributed by atoms with E-state index in [9.17, 15) is 4.79 Å². The lowest BCUT2D eigenvalue weighted by Crippen LogP contribution is -2.37. The van der Waals surface area contributed by atoms with Crippen LogP contribution in [0.4, 0.5) is 5.69 Å². The molecular formula is C12H15NO3. The summed E-state index contributed by atoms with van der Waals surface area (Å²) < 4.78 is 5.26. The van der Waals surface area contributed by atoms with Crippen molar-refractivity contribution in [2.24, 2.45) is 0 Å². The molecule has 0 saturated carbocycles. The Bertz CT molecular complexity index is 397. The minimum atomic E-state index is -0.874. The van der Waals surface area contributed by atoms with Gasteiger partial charge in [0.1, 0.15) is 0 Å². The van der Waals surface area contributed by atoms with Crippen molar-refractivity contribution in [2.75, 3.05) is 31.2 Å². The maximum absolute atomic E-state index is 11.1. The van der Waals surface area contributed by atoms with Crippen LogP contribution in [0.2, 0.25) is 0 Å². The van der Waals surface area contributed by atoms with Crippen molar-refractivity contribution in [2.45, 2.75) is 6.92 Å². The molecule has 1 aromatic carbocycles. The fourth-order valence-electron chi connectivity index (χ4n) is 1.89. The van der Waals surface area contributed by atoms with Gasteiger partial charge >= 0.3 is 5.97 Å². The summed E-state index contributed by atoms with van der Waals surface area (Å²) in [5.41, 5.74) is 2.25. The first-order chi connectivity index (χ1) is 7.68. The monoisotopic (exact) mass is 221 g/mol. The fourth-order valence-corrected chi connectivity index (χ4v) is 1.89. The summed E-state index contributed by atoms with van der Waals surface area (Å²) in [4.78, 5) is 13.2. The number of rotatable bonds is 2. The number of aromatic carboxylic acids is 1. The molecule has 0 spiro atoms. The fraction of sp³-hybridized carbons (Fsp3) is 0.417. The molecule has 2 rings (SSSR count). The molecule has 0 radical (unpaired) electrons. The molecule has 4 nitrogen and oxygen atoms in total. The number of anilines is 1. The first-order valence-electron chi connectivity index (χ1n) is 5.35. The van der Waals surface area contributed by atoms with Gasteiger partial charge in [0.05, 0.1) is 24.5 Å². The number of carboxylic acids is 1. The van der Waals surface area contributed by atoms with Crippen molar-refractivity contribution >= 4 is 11.7 Å². The van der Waals surface area contributed by atoms with E-state index in [1.54, 1.807) is 6.07 Å². The Morgan fingerprint density at radius 2 is 2.06 bits per heavy atom. The molecule has 4 heteroatoms. The van der Waals surface area contributed by atoms with Gasteiger partial charge in [0.2, 0.25) is 0 Å². The molecule has 1 N–H and O–H groups in total. The van der Waals surface area contributed by atoms with Crippen LogP contribution in [0.15, 0.2) is 18.2 Å². The Kier molecular flexibility index (Phi) is 3.10. The molecule has 0 bridgehead atoms. The predicted molar refractivity (Wildman–Crippen MR) is 61.2 cm³/mol. The maximum atomic E-state index is 11.1. The molecule has 86 valence electrons. The zero-order valence-corrected chi connectivity index (χ0v) is 9.27. The third-order valence-corrected chi connectivity index (χ3v) is 2.74. The number of hydrogen-bond acceptors (Lipinski definition) is 3. The largest absolute Gasteiger partial charge is 0.478 e. The second-order valence-electron chi connectivity index (χ2n) is 3.93. The van der Waals surface area contributed by atoms with Crippen LogP contribution in [0, 0.1) is 6.92 Å². The van der Waals surface area contributed by atoms with Gasteiger partial charge < -0.3 is 14.7 Å². The highest BCUT2D eigenvalue weighted by Gasteiger charge is 2.18. The quantitative estimate of drug-likeness (QED) is 0.822. The highest BCUT2D eigenvalue weighted by Crippen LogP contribution is 2.23. The highest BCUT2D eigenvalue weighted by atomic mass is 16.5. The summed E-state index contributed by atoms with van der Waals surface area (Å²) in [5, 5.41) is 9.13. The van der Waals surface area contributed by atoms with Gasteiger partial charge in [-0.1, -0.05) is 6.07 Å². The third kappa shape index (κ3) is 2.17. The van der Waals surface area contributed by atoms with Crippen LogP contribution >= 0.6 is 0 Å². The summed E-state index contributed by atoms with van der Waals surface area (Å²) >= 11 is 0. The zero-order chi connectivity index (χ0) is 11.5. The van der Waals surface area contributed by atoms with Gasteiger partial charge in [-0.2, -0.15) is 0 Å². The molecule has 16 heavy (non-hydrogen) atoms. The number of carbonyl (C=O) groups is 1. The van der Waals surface area contributed by atoms with E-state index in [-0.39, 0.29) is 0 Å². The minimum absolute atomic E-state index is 0.368. The van der Waals surface area contributed by atoms with E-state index in [1.165, 1.54) is 0 Å². The number of morpholine rings is 1. The van der Waals surface area contributed by atoms with Crippen molar-refractivity contribution in [3.05, 3.63) is 29.3 Å². The summed E-state index contributed by atoms with van der Waals surface area (Å²) in [6.45, 7) is 4.79. The first-order valence-corrected chi connectivity index (χ1v) is 5.35. The van der Waals surface area contributed by atoms with Crippen molar-refractivity contribution in [3.8, 4) is 0 Å². The van der Waals surface area contributed by atoms with Crippen molar-refractivity contribution < 1.29 is 14.6 Å². The Morgan fingerprint density at radius 1 is 1.38 bits per heavy atom. The van der Waals surface area contributed by atoms with Crippen LogP contribution in [0.5, 0.6) is 0 Å². The first kappa shape index (κ1) is 11.0. The van der Waals surface area contributed by atoms with Crippen LogP contribution in [0.3, 0.4) is 0 Å². The topological polar surface area (TPSA) is 49.8 Å². The van der Waals surface area contributed by atoms with Gasteiger partial charge in [-0.25, -0.2) is 4.79 Å². The maximum Gasteiger partial charge on any atom is 0.337 e. The number of carboxylic acid groups (broad SMARTS) is 1. The summed E-state index contributed by atoms with van der Waals surface area (Å²) in [6.07, 6.45) is 0. The molecule has 1 saturated heterocycles. The second kappa shape index (κ2) is 4.53. The molecule has 0 amide bonds. The van der Waals surface area contributed by atoms with E-state index in [0.717, 1.165) is 24.3 Å². The molecule has 0 unspecified atom stereocenters. The number of nitrogens with zero attached hydrogens (tertiary/aromatic N) is 1. The van der Waals surface area contributed by atoms with Crippen LogP contribution in [-0.4, -0.2) is 37.4 Å². The standard InChI is InChI=1S/C12H15NO3/c1-9-2-3-10(12(14)15)11(8-9)13-4-6-16-7-5-13/h2-3,8H,4-7H2,1H3,(H,14,15). The van der Waals surface area contributed by atoms with E-state index in [0.29, 0.717) is 18.8 Å². The van der Waals surface area contributed by atoms with Gasteiger partial charge in [0.15, 0.2) is 0 Å². The molecule has 1 aliphatic heterocycles. The van der Waals surface area contributed by atoms with Gasteiger partial charge in [0.25, 0.3) is 0 Å². The lowest BCUT2D eigenvalue weighted by molar-refractivity contribution is 0.0696. The molecule has 0 aliphatic carbocycles. The summed E-state index contributed by atoms with van der Waals surface area (Å²) in [5.74, 6) is -0.874. The van der Waals surface area contributed by atoms with E-state index in [4.69, 9.17) is 9.84 Å². The summed E-state index contributed by atoms with van der Waals surface area (Å²) in [6, 6.07) is 5.42. The molecule has 1 heterocycles. The summed E-state index contributed by atoms with van der Waals surface area (Å²) in [7, 11) is 0. The van der Waals surface area contributed by atoms with E-state index in [1.807, 2.05) is 19.1 Å². The molecule has 0 aromatic heterocycles. The zero-order valence-electron chi connectivity index (χ0n) is 9.27. The van der Waals surface area contributed by atoms with Gasteiger partial charge in [-0.3, -0.25) is 0 Å². The third-order valence-electron chi connectivity index (χ3n) is 2.74. The molecule has 1 aromatic rings. The number of aryl methyl sites for hydroxylation is 1. The van der Waals surface area contributed by atoms with Crippen LogP contribution in [0.1, 0.15) is 15.9 Å². The SMILES string of the molecule is Cc1ccc(C(=O)O)c(N2CCOCC2)c1. The predicted octanol–water partition coefficient (Wildman–Crippen LogP) is 1.53. The number of hydrogen-bond donors (Lipinski definition) is 1. The average Bonchev–Trinajstić information content (AvgIpc) is 2.29. The normalized spacial score (nSPS) is 16.2. The molecule has 1 aliphatic rings. The Labute approximate surface area is 94.4 Å². The van der Waals surface area contributed by atoms with Crippen LogP contribution < -0.4 is 4.90 Å². The van der Waals surface area contributed by atoms with E-state index < -0.39 is 5.97 Å². The highest BCUT2D eigenvalue weighted by molar-refractivity contribution is 5.94. The smallest absolute Gasteiger partial charge is 0.337 e. The van der Waals surface area contributed by atoms with Gasteiger partial charge in [0, 0.05) is 13.1 Å². The van der Waals surface area contributed by atoms with Crippen LogP contribution in [-0.2, 0) is 4.74 Å². The van der Waals surface area contributed by atoms with Crippen molar-refractivity contribution in [3.63, 3.8) is 0 Å². The van der Waals surface area contributed by atoms with Crippen molar-refractivity contribution in [1.29, 1.82) is 0 Å². The average molecular weight is 221 g/mol. The van der Waals surface area contributed by atoms with Gasteiger partial charge in [-0.05, 0) is 24.6 Å². The number of ether oxygens (including phenoxy) is 1. The van der Waals surface area contributed by atoms with Gasteiger partial charge in [-0.15, -0.1) is 0 Å². The lowest BCUT2D eigenvalue weighted by atomic mass is 10.1.